The highest BCUT2D eigenvalue weighted by Gasteiger charge is 2.09. The van der Waals surface area contributed by atoms with Gasteiger partial charge in [-0.3, -0.25) is 0 Å². The summed E-state index contributed by atoms with van der Waals surface area (Å²) in [6, 6.07) is 4.80. The van der Waals surface area contributed by atoms with E-state index in [-0.39, 0.29) is 17.6 Å². The van der Waals surface area contributed by atoms with Crippen molar-refractivity contribution in [1.82, 2.24) is 9.97 Å². The molecule has 0 saturated heterocycles. The summed E-state index contributed by atoms with van der Waals surface area (Å²) in [5.74, 6) is -0.123. The molecular weight excluding hydrogens is 233 g/mol. The van der Waals surface area contributed by atoms with E-state index in [2.05, 4.69) is 15.3 Å². The Bertz CT molecular complexity index is 519. The van der Waals surface area contributed by atoms with E-state index in [1.165, 1.54) is 19.5 Å². The largest absolute Gasteiger partial charge is 0.494 e. The lowest BCUT2D eigenvalue weighted by Crippen LogP contribution is -2.07. The third kappa shape index (κ3) is 2.74. The van der Waals surface area contributed by atoms with Crippen LogP contribution in [0, 0.1) is 5.82 Å². The fourth-order valence-electron chi connectivity index (χ4n) is 1.65. The fraction of sp³-hybridized carbons (Fsp3) is 0.231. The number of nitrogens with one attached hydrogen (secondary N) is 1. The molecule has 1 aromatic heterocycles. The van der Waals surface area contributed by atoms with Crippen LogP contribution in [0.25, 0.3) is 0 Å². The molecule has 0 fully saturated rings. The Balaban J connectivity index is 2.16. The minimum Gasteiger partial charge on any atom is -0.494 e. The molecule has 0 aliphatic heterocycles. The van der Waals surface area contributed by atoms with E-state index in [0.717, 1.165) is 11.3 Å². The van der Waals surface area contributed by atoms with E-state index < -0.39 is 0 Å². The molecule has 0 spiro atoms. The lowest BCUT2D eigenvalue weighted by molar-refractivity contribution is 0.385. The molecule has 2 rings (SSSR count). The zero-order valence-electron chi connectivity index (χ0n) is 10.2. The third-order valence-corrected chi connectivity index (χ3v) is 2.62. The summed E-state index contributed by atoms with van der Waals surface area (Å²) in [5, 5.41) is 3.23. The number of methoxy groups -OCH3 is 1. The lowest BCUT2D eigenvalue weighted by atomic mass is 10.1. The Morgan fingerprint density at radius 3 is 2.67 bits per heavy atom. The monoisotopic (exact) mass is 247 g/mol. The maximum absolute atomic E-state index is 13.3. The van der Waals surface area contributed by atoms with E-state index >= 15 is 0 Å². The zero-order valence-corrected chi connectivity index (χ0v) is 10.2. The van der Waals surface area contributed by atoms with Crippen molar-refractivity contribution in [2.75, 3.05) is 12.4 Å². The van der Waals surface area contributed by atoms with E-state index in [1.54, 1.807) is 24.5 Å². The van der Waals surface area contributed by atoms with Gasteiger partial charge in [-0.2, -0.15) is 0 Å². The summed E-state index contributed by atoms with van der Waals surface area (Å²) >= 11 is 0. The van der Waals surface area contributed by atoms with Gasteiger partial charge in [0.2, 0.25) is 0 Å². The Labute approximate surface area is 105 Å². The highest BCUT2D eigenvalue weighted by atomic mass is 19.1. The minimum absolute atomic E-state index is 0.00509. The first-order valence-electron chi connectivity index (χ1n) is 5.55. The molecule has 2 aromatic rings. The number of anilines is 1. The van der Waals surface area contributed by atoms with Crippen molar-refractivity contribution in [2.45, 2.75) is 13.0 Å². The number of rotatable bonds is 4. The predicted molar refractivity (Wildman–Crippen MR) is 67.0 cm³/mol. The first-order valence-corrected chi connectivity index (χ1v) is 5.55. The van der Waals surface area contributed by atoms with Crippen LogP contribution in [0.1, 0.15) is 18.5 Å². The first-order chi connectivity index (χ1) is 8.70. The van der Waals surface area contributed by atoms with E-state index in [4.69, 9.17) is 4.74 Å². The van der Waals surface area contributed by atoms with Crippen molar-refractivity contribution in [3.05, 3.63) is 48.3 Å². The van der Waals surface area contributed by atoms with Gasteiger partial charge in [-0.25, -0.2) is 14.4 Å². The van der Waals surface area contributed by atoms with Crippen LogP contribution >= 0.6 is 0 Å². The van der Waals surface area contributed by atoms with Gasteiger partial charge in [0.25, 0.3) is 0 Å². The van der Waals surface area contributed by atoms with Crippen molar-refractivity contribution in [1.29, 1.82) is 0 Å². The van der Waals surface area contributed by atoms with Gasteiger partial charge >= 0.3 is 0 Å². The molecule has 4 nitrogen and oxygen atoms in total. The molecule has 1 N–H and O–H groups in total. The van der Waals surface area contributed by atoms with Gasteiger partial charge < -0.3 is 10.1 Å². The quantitative estimate of drug-likeness (QED) is 0.902. The summed E-state index contributed by atoms with van der Waals surface area (Å²) in [7, 11) is 1.45. The van der Waals surface area contributed by atoms with Crippen LogP contribution in [-0.2, 0) is 0 Å². The second-order valence-electron chi connectivity index (χ2n) is 3.89. The number of nitrogens with zero attached hydrogens (tertiary/aromatic N) is 2. The molecule has 0 aliphatic rings. The van der Waals surface area contributed by atoms with Gasteiger partial charge in [-0.15, -0.1) is 0 Å². The molecular formula is C13H14FN3O. The standard InChI is InChI=1S/C13H14FN3O/c1-9(17-11-6-15-8-16-7-11)10-3-4-12(14)13(5-10)18-2/h3-9,17H,1-2H3. The van der Waals surface area contributed by atoms with Crippen molar-refractivity contribution in [3.8, 4) is 5.75 Å². The van der Waals surface area contributed by atoms with Gasteiger partial charge in [0.05, 0.1) is 25.2 Å². The summed E-state index contributed by atoms with van der Waals surface area (Å²) in [5.41, 5.74) is 1.74. The van der Waals surface area contributed by atoms with Crippen LogP contribution < -0.4 is 10.1 Å². The van der Waals surface area contributed by atoms with Crippen LogP contribution in [0.15, 0.2) is 36.9 Å². The second-order valence-corrected chi connectivity index (χ2v) is 3.89. The Kier molecular flexibility index (Phi) is 3.72. The maximum atomic E-state index is 13.3. The SMILES string of the molecule is COc1cc(C(C)Nc2cncnc2)ccc1F. The smallest absolute Gasteiger partial charge is 0.165 e. The number of ether oxygens (including phenoxy) is 1. The van der Waals surface area contributed by atoms with Crippen LogP contribution in [-0.4, -0.2) is 17.1 Å². The zero-order chi connectivity index (χ0) is 13.0. The summed E-state index contributed by atoms with van der Waals surface area (Å²) in [6.45, 7) is 1.97. The second kappa shape index (κ2) is 5.44. The summed E-state index contributed by atoms with van der Waals surface area (Å²) in [4.78, 5) is 7.84. The average Bonchev–Trinajstić information content (AvgIpc) is 2.40. The van der Waals surface area contributed by atoms with Gasteiger partial charge in [0.1, 0.15) is 6.33 Å². The normalized spacial score (nSPS) is 11.9. The average molecular weight is 247 g/mol. The highest BCUT2D eigenvalue weighted by Crippen LogP contribution is 2.24. The number of benzene rings is 1. The third-order valence-electron chi connectivity index (χ3n) is 2.62. The number of hydrogen-bond donors (Lipinski definition) is 1. The van der Waals surface area contributed by atoms with Crippen LogP contribution in [0.3, 0.4) is 0 Å². The summed E-state index contributed by atoms with van der Waals surface area (Å²) in [6.07, 6.45) is 4.84. The van der Waals surface area contributed by atoms with Gasteiger partial charge in [-0.1, -0.05) is 6.07 Å². The first kappa shape index (κ1) is 12.3. The van der Waals surface area contributed by atoms with Crippen molar-refractivity contribution < 1.29 is 9.13 Å². The van der Waals surface area contributed by atoms with Crippen molar-refractivity contribution in [3.63, 3.8) is 0 Å². The molecule has 5 heteroatoms. The molecule has 0 radical (unpaired) electrons. The van der Waals surface area contributed by atoms with Crippen LogP contribution in [0.5, 0.6) is 5.75 Å². The molecule has 18 heavy (non-hydrogen) atoms. The van der Waals surface area contributed by atoms with Gasteiger partial charge in [0.15, 0.2) is 11.6 Å². The molecule has 0 aliphatic carbocycles. The minimum atomic E-state index is -0.364. The highest BCUT2D eigenvalue weighted by molar-refractivity contribution is 5.42. The van der Waals surface area contributed by atoms with Crippen LogP contribution in [0.2, 0.25) is 0 Å². The Morgan fingerprint density at radius 2 is 2.00 bits per heavy atom. The molecule has 0 saturated carbocycles. The molecule has 0 amide bonds. The lowest BCUT2D eigenvalue weighted by Gasteiger charge is -2.16. The number of aromatic nitrogens is 2. The van der Waals surface area contributed by atoms with Crippen LogP contribution in [0.4, 0.5) is 10.1 Å². The van der Waals surface area contributed by atoms with E-state index in [9.17, 15) is 4.39 Å². The Morgan fingerprint density at radius 1 is 1.28 bits per heavy atom. The molecule has 1 atom stereocenters. The number of hydrogen-bond acceptors (Lipinski definition) is 4. The summed E-state index contributed by atoms with van der Waals surface area (Å²) < 4.78 is 18.3. The van der Waals surface area contributed by atoms with Crippen molar-refractivity contribution in [2.24, 2.45) is 0 Å². The molecule has 1 heterocycles. The Hall–Kier alpha value is -2.17. The molecule has 0 bridgehead atoms. The van der Waals surface area contributed by atoms with Gasteiger partial charge in [-0.05, 0) is 24.6 Å². The van der Waals surface area contributed by atoms with E-state index in [0.29, 0.717) is 0 Å². The maximum Gasteiger partial charge on any atom is 0.165 e. The number of halogens is 1. The molecule has 94 valence electrons. The predicted octanol–water partition coefficient (Wildman–Crippen LogP) is 2.80. The topological polar surface area (TPSA) is 47.0 Å². The van der Waals surface area contributed by atoms with Gasteiger partial charge in [0, 0.05) is 6.04 Å². The molecule has 1 unspecified atom stereocenters. The van der Waals surface area contributed by atoms with Crippen molar-refractivity contribution >= 4 is 5.69 Å². The fourth-order valence-corrected chi connectivity index (χ4v) is 1.65. The molecule has 1 aromatic carbocycles. The van der Waals surface area contributed by atoms with E-state index in [1.807, 2.05) is 6.92 Å².